The summed E-state index contributed by atoms with van der Waals surface area (Å²) in [5.74, 6) is -0.615. The van der Waals surface area contributed by atoms with E-state index in [0.717, 1.165) is 31.4 Å². The summed E-state index contributed by atoms with van der Waals surface area (Å²) >= 11 is 5.81. The first-order valence-electron chi connectivity index (χ1n) is 10.3. The number of anilines is 1. The van der Waals surface area contributed by atoms with Gasteiger partial charge in [0.2, 0.25) is 5.91 Å². The number of aromatic nitrogens is 1. The number of halogens is 2. The molecule has 1 saturated carbocycles. The third kappa shape index (κ3) is 5.75. The quantitative estimate of drug-likeness (QED) is 0.624. The number of rotatable bonds is 9. The van der Waals surface area contributed by atoms with Crippen LogP contribution in [-0.4, -0.2) is 45.4 Å². The van der Waals surface area contributed by atoms with E-state index in [1.807, 2.05) is 41.8 Å². The Balaban J connectivity index is 1.68. The molecule has 0 spiro atoms. The van der Waals surface area contributed by atoms with Crippen LogP contribution in [0.15, 0.2) is 36.5 Å². The van der Waals surface area contributed by atoms with Gasteiger partial charge >= 0.3 is 6.03 Å². The van der Waals surface area contributed by atoms with E-state index in [2.05, 4.69) is 5.32 Å². The maximum Gasteiger partial charge on any atom is 0.322 e. The first kappa shape index (κ1) is 22.2. The summed E-state index contributed by atoms with van der Waals surface area (Å²) in [5.41, 5.74) is 1.45. The molecule has 30 heavy (non-hydrogen) atoms. The number of nitrogens with one attached hydrogen (secondary N) is 1. The molecule has 1 aliphatic carbocycles. The van der Waals surface area contributed by atoms with E-state index >= 15 is 0 Å². The molecular weight excluding hydrogens is 407 g/mol. The summed E-state index contributed by atoms with van der Waals surface area (Å²) < 4.78 is 15.4. The minimum atomic E-state index is -0.548. The normalized spacial score (nSPS) is 13.2. The summed E-state index contributed by atoms with van der Waals surface area (Å²) in [6.45, 7) is 3.03. The molecular formula is C22H28ClFN4O2. The molecule has 2 aromatic rings. The van der Waals surface area contributed by atoms with Crippen LogP contribution in [0.5, 0.6) is 0 Å². The topological polar surface area (TPSA) is 57.6 Å². The summed E-state index contributed by atoms with van der Waals surface area (Å²) in [7, 11) is 1.96. The van der Waals surface area contributed by atoms with Crippen LogP contribution in [-0.2, 0) is 18.4 Å². The van der Waals surface area contributed by atoms with Crippen molar-refractivity contribution >= 4 is 29.2 Å². The zero-order chi connectivity index (χ0) is 21.7. The Morgan fingerprint density at radius 2 is 2.07 bits per heavy atom. The number of amides is 3. The fraction of sp³-hybridized carbons (Fsp3) is 0.455. The van der Waals surface area contributed by atoms with Crippen LogP contribution in [0.1, 0.15) is 38.3 Å². The molecule has 0 unspecified atom stereocenters. The Hall–Kier alpha value is -2.54. The standard InChI is InChI=1S/C22H28ClFN4O2/c1-3-4-12-27(22(30)25-16-7-10-20(24)19(23)13-16)15-21(29)28(17-8-9-17)14-18-6-5-11-26(18)2/h5-7,10-11,13,17H,3-4,8-9,12,14-15H2,1-2H3,(H,25,30). The van der Waals surface area contributed by atoms with Gasteiger partial charge in [0.1, 0.15) is 12.4 Å². The van der Waals surface area contributed by atoms with Gasteiger partial charge in [0.25, 0.3) is 0 Å². The van der Waals surface area contributed by atoms with Gasteiger partial charge in [-0.05, 0) is 49.6 Å². The molecule has 1 aromatic carbocycles. The van der Waals surface area contributed by atoms with Crippen molar-refractivity contribution in [2.24, 2.45) is 7.05 Å². The minimum Gasteiger partial charge on any atom is -0.353 e. The monoisotopic (exact) mass is 434 g/mol. The molecule has 162 valence electrons. The van der Waals surface area contributed by atoms with Crippen LogP contribution in [0, 0.1) is 5.82 Å². The summed E-state index contributed by atoms with van der Waals surface area (Å²) in [6, 6.07) is 7.82. The molecule has 0 aliphatic heterocycles. The lowest BCUT2D eigenvalue weighted by atomic mass is 10.3. The second kappa shape index (κ2) is 9.98. The average Bonchev–Trinajstić information content (AvgIpc) is 3.47. The van der Waals surface area contributed by atoms with Crippen LogP contribution in [0.2, 0.25) is 5.02 Å². The van der Waals surface area contributed by atoms with Crippen LogP contribution in [0.3, 0.4) is 0 Å². The van der Waals surface area contributed by atoms with E-state index in [0.29, 0.717) is 18.8 Å². The number of unbranched alkanes of at least 4 members (excludes halogenated alkanes) is 1. The van der Waals surface area contributed by atoms with Gasteiger partial charge in [-0.3, -0.25) is 4.79 Å². The summed E-state index contributed by atoms with van der Waals surface area (Å²) in [6.07, 6.45) is 5.62. The second-order valence-electron chi connectivity index (χ2n) is 7.70. The van der Waals surface area contributed by atoms with E-state index in [-0.39, 0.29) is 23.5 Å². The van der Waals surface area contributed by atoms with Gasteiger partial charge in [0.05, 0.1) is 11.6 Å². The van der Waals surface area contributed by atoms with Gasteiger partial charge < -0.3 is 19.7 Å². The third-order valence-corrected chi connectivity index (χ3v) is 5.55. The largest absolute Gasteiger partial charge is 0.353 e. The van der Waals surface area contributed by atoms with E-state index in [4.69, 9.17) is 11.6 Å². The van der Waals surface area contributed by atoms with Crippen LogP contribution in [0.4, 0.5) is 14.9 Å². The maximum atomic E-state index is 13.4. The SMILES string of the molecule is CCCCN(CC(=O)N(Cc1cccn1C)C1CC1)C(=O)Nc1ccc(F)c(Cl)c1. The van der Waals surface area contributed by atoms with Gasteiger partial charge in [0.15, 0.2) is 0 Å². The molecule has 1 N–H and O–H groups in total. The first-order chi connectivity index (χ1) is 14.4. The fourth-order valence-corrected chi connectivity index (χ4v) is 3.45. The predicted molar refractivity (Wildman–Crippen MR) is 116 cm³/mol. The predicted octanol–water partition coefficient (Wildman–Crippen LogP) is 4.64. The molecule has 1 fully saturated rings. The molecule has 8 heteroatoms. The van der Waals surface area contributed by atoms with E-state index in [1.165, 1.54) is 23.1 Å². The molecule has 0 radical (unpaired) electrons. The number of aryl methyl sites for hydroxylation is 1. The van der Waals surface area contributed by atoms with Crippen molar-refractivity contribution in [2.75, 3.05) is 18.4 Å². The maximum absolute atomic E-state index is 13.4. The Morgan fingerprint density at radius 1 is 1.30 bits per heavy atom. The number of hydrogen-bond donors (Lipinski definition) is 1. The number of carbonyl (C=O) groups is 2. The van der Waals surface area contributed by atoms with Gasteiger partial charge in [-0.15, -0.1) is 0 Å². The molecule has 0 saturated heterocycles. The lowest BCUT2D eigenvalue weighted by Crippen LogP contribution is -2.45. The number of carbonyl (C=O) groups excluding carboxylic acids is 2. The Kier molecular flexibility index (Phi) is 7.37. The fourth-order valence-electron chi connectivity index (χ4n) is 3.27. The molecule has 6 nitrogen and oxygen atoms in total. The van der Waals surface area contributed by atoms with Crippen molar-refractivity contribution in [3.8, 4) is 0 Å². The van der Waals surface area contributed by atoms with Crippen molar-refractivity contribution in [1.29, 1.82) is 0 Å². The number of benzene rings is 1. The average molecular weight is 435 g/mol. The highest BCUT2D eigenvalue weighted by atomic mass is 35.5. The first-order valence-corrected chi connectivity index (χ1v) is 10.7. The molecule has 0 atom stereocenters. The lowest BCUT2D eigenvalue weighted by Gasteiger charge is -2.28. The van der Waals surface area contributed by atoms with Gasteiger partial charge in [0, 0.05) is 37.2 Å². The van der Waals surface area contributed by atoms with Crippen LogP contribution in [0.25, 0.3) is 0 Å². The lowest BCUT2D eigenvalue weighted by molar-refractivity contribution is -0.133. The van der Waals surface area contributed by atoms with Crippen LogP contribution >= 0.6 is 11.6 Å². The highest BCUT2D eigenvalue weighted by molar-refractivity contribution is 6.31. The molecule has 3 amide bonds. The number of hydrogen-bond acceptors (Lipinski definition) is 2. The smallest absolute Gasteiger partial charge is 0.322 e. The highest BCUT2D eigenvalue weighted by Gasteiger charge is 2.34. The Labute approximate surface area is 181 Å². The van der Waals surface area contributed by atoms with Gasteiger partial charge in [-0.2, -0.15) is 0 Å². The highest BCUT2D eigenvalue weighted by Crippen LogP contribution is 2.29. The van der Waals surface area contributed by atoms with Crippen LogP contribution < -0.4 is 5.32 Å². The third-order valence-electron chi connectivity index (χ3n) is 5.26. The molecule has 1 aliphatic rings. The van der Waals surface area contributed by atoms with Crippen molar-refractivity contribution in [1.82, 2.24) is 14.4 Å². The molecule has 1 aromatic heterocycles. The Morgan fingerprint density at radius 3 is 2.67 bits per heavy atom. The molecule has 3 rings (SSSR count). The van der Waals surface area contributed by atoms with Crippen molar-refractivity contribution < 1.29 is 14.0 Å². The van der Waals surface area contributed by atoms with Crippen molar-refractivity contribution in [3.05, 3.63) is 53.1 Å². The van der Waals surface area contributed by atoms with E-state index < -0.39 is 11.8 Å². The van der Waals surface area contributed by atoms with E-state index in [1.54, 1.807) is 0 Å². The van der Waals surface area contributed by atoms with E-state index in [9.17, 15) is 14.0 Å². The molecule has 0 bridgehead atoms. The van der Waals surface area contributed by atoms with Gasteiger partial charge in [-0.25, -0.2) is 9.18 Å². The molecule has 1 heterocycles. The van der Waals surface area contributed by atoms with Gasteiger partial charge in [-0.1, -0.05) is 24.9 Å². The summed E-state index contributed by atoms with van der Waals surface area (Å²) in [5, 5.41) is 2.66. The van der Waals surface area contributed by atoms with Crippen molar-refractivity contribution in [3.63, 3.8) is 0 Å². The second-order valence-corrected chi connectivity index (χ2v) is 8.10. The number of nitrogens with zero attached hydrogens (tertiary/aromatic N) is 3. The Bertz CT molecular complexity index is 897. The van der Waals surface area contributed by atoms with Crippen molar-refractivity contribution in [2.45, 2.75) is 45.2 Å². The number of urea groups is 1. The zero-order valence-electron chi connectivity index (χ0n) is 17.4. The summed E-state index contributed by atoms with van der Waals surface area (Å²) in [4.78, 5) is 29.3. The zero-order valence-corrected chi connectivity index (χ0v) is 18.2. The minimum absolute atomic E-state index is 0.00167.